The molecular weight excluding hydrogens is 212 g/mol. The number of hydrogen-bond donors (Lipinski definition) is 2. The van der Waals surface area contributed by atoms with Crippen LogP contribution in [-0.2, 0) is 4.74 Å². The van der Waals surface area contributed by atoms with Crippen molar-refractivity contribution in [3.8, 4) is 6.07 Å². The molecular formula is C10H10N2O4. The normalized spacial score (nSPS) is 11.6. The maximum Gasteiger partial charge on any atom is 0.339 e. The number of carbonyl (C=O) groups is 1. The number of aliphatic hydroxyl groups excluding tert-OH is 1. The first-order valence-corrected chi connectivity index (χ1v) is 4.45. The number of hydrogen-bond acceptors (Lipinski definition) is 5. The molecule has 1 aromatic rings. The van der Waals surface area contributed by atoms with Gasteiger partial charge in [-0.1, -0.05) is 0 Å². The summed E-state index contributed by atoms with van der Waals surface area (Å²) in [6, 6.07) is 2.75. The zero-order valence-electron chi connectivity index (χ0n) is 8.77. The maximum absolute atomic E-state index is 11.4. The van der Waals surface area contributed by atoms with Gasteiger partial charge in [-0.15, -0.1) is 0 Å². The van der Waals surface area contributed by atoms with Crippen LogP contribution in [0.15, 0.2) is 10.9 Å². The Morgan fingerprint density at radius 2 is 2.31 bits per heavy atom. The lowest BCUT2D eigenvalue weighted by atomic mass is 10.1. The van der Waals surface area contributed by atoms with Crippen molar-refractivity contribution in [3.05, 3.63) is 33.2 Å². The molecule has 0 aliphatic heterocycles. The number of H-pyrrole nitrogens is 1. The number of pyridine rings is 1. The fourth-order valence-corrected chi connectivity index (χ4v) is 1.24. The standard InChI is InChI=1S/C10H10N2O4/c1-5(13)8-7(10(15)16-2)3-6(4-11)9(14)12-8/h3,5,13H,1-2H3,(H,12,14). The summed E-state index contributed by atoms with van der Waals surface area (Å²) in [6.07, 6.45) is -1.03. The molecule has 0 fully saturated rings. The van der Waals surface area contributed by atoms with Crippen LogP contribution in [0.1, 0.15) is 34.6 Å². The lowest BCUT2D eigenvalue weighted by Gasteiger charge is -2.09. The van der Waals surface area contributed by atoms with Gasteiger partial charge in [-0.2, -0.15) is 5.26 Å². The number of ether oxygens (including phenoxy) is 1. The van der Waals surface area contributed by atoms with Gasteiger partial charge in [0.25, 0.3) is 5.56 Å². The Bertz CT molecular complexity index is 511. The van der Waals surface area contributed by atoms with Gasteiger partial charge in [0.2, 0.25) is 0 Å². The molecule has 1 rings (SSSR count). The van der Waals surface area contributed by atoms with Gasteiger partial charge < -0.3 is 14.8 Å². The minimum Gasteiger partial charge on any atom is -0.465 e. The smallest absolute Gasteiger partial charge is 0.339 e. The van der Waals surface area contributed by atoms with Crippen LogP contribution in [0.25, 0.3) is 0 Å². The molecule has 1 aromatic heterocycles. The van der Waals surface area contributed by atoms with Crippen molar-refractivity contribution in [3.63, 3.8) is 0 Å². The topological polar surface area (TPSA) is 103 Å². The molecule has 0 bridgehead atoms. The number of esters is 1. The van der Waals surface area contributed by atoms with E-state index in [2.05, 4.69) is 9.72 Å². The van der Waals surface area contributed by atoms with Gasteiger partial charge in [-0.3, -0.25) is 4.79 Å². The first kappa shape index (κ1) is 11.9. The van der Waals surface area contributed by atoms with Gasteiger partial charge in [-0.25, -0.2) is 4.79 Å². The SMILES string of the molecule is COC(=O)c1cc(C#N)c(=O)[nH]c1C(C)O. The van der Waals surface area contributed by atoms with Crippen LogP contribution >= 0.6 is 0 Å². The minimum atomic E-state index is -1.03. The van der Waals surface area contributed by atoms with Crippen molar-refractivity contribution in [2.75, 3.05) is 7.11 Å². The highest BCUT2D eigenvalue weighted by molar-refractivity contribution is 5.91. The van der Waals surface area contributed by atoms with E-state index in [4.69, 9.17) is 5.26 Å². The number of aromatic amines is 1. The third-order valence-corrected chi connectivity index (χ3v) is 2.02. The van der Waals surface area contributed by atoms with Gasteiger partial charge in [0.1, 0.15) is 11.6 Å². The minimum absolute atomic E-state index is 0.0198. The van der Waals surface area contributed by atoms with E-state index in [1.165, 1.54) is 14.0 Å². The summed E-state index contributed by atoms with van der Waals surface area (Å²) in [5, 5.41) is 18.0. The Kier molecular flexibility index (Phi) is 3.43. The fourth-order valence-electron chi connectivity index (χ4n) is 1.24. The van der Waals surface area contributed by atoms with Crippen molar-refractivity contribution in [2.45, 2.75) is 13.0 Å². The monoisotopic (exact) mass is 222 g/mol. The molecule has 0 radical (unpaired) electrons. The summed E-state index contributed by atoms with van der Waals surface area (Å²) in [4.78, 5) is 24.9. The lowest BCUT2D eigenvalue weighted by molar-refractivity contribution is 0.0592. The molecule has 6 heteroatoms. The largest absolute Gasteiger partial charge is 0.465 e. The first-order valence-electron chi connectivity index (χ1n) is 4.45. The lowest BCUT2D eigenvalue weighted by Crippen LogP contribution is -2.19. The molecule has 1 heterocycles. The van der Waals surface area contributed by atoms with Crippen molar-refractivity contribution < 1.29 is 14.6 Å². The Morgan fingerprint density at radius 1 is 1.69 bits per heavy atom. The molecule has 0 spiro atoms. The number of nitriles is 1. The second-order valence-corrected chi connectivity index (χ2v) is 3.12. The van der Waals surface area contributed by atoms with E-state index in [0.717, 1.165) is 6.07 Å². The molecule has 0 aromatic carbocycles. The molecule has 0 aliphatic rings. The summed E-state index contributed by atoms with van der Waals surface area (Å²) in [5.41, 5.74) is -0.833. The van der Waals surface area contributed by atoms with Crippen molar-refractivity contribution in [2.24, 2.45) is 0 Å². The molecule has 1 atom stereocenters. The van der Waals surface area contributed by atoms with E-state index in [0.29, 0.717) is 0 Å². The number of rotatable bonds is 2. The van der Waals surface area contributed by atoms with E-state index >= 15 is 0 Å². The number of methoxy groups -OCH3 is 1. The summed E-state index contributed by atoms with van der Waals surface area (Å²) < 4.78 is 4.48. The Labute approximate surface area is 91.1 Å². The predicted molar refractivity (Wildman–Crippen MR) is 53.8 cm³/mol. The van der Waals surface area contributed by atoms with E-state index in [1.54, 1.807) is 6.07 Å². The number of aliphatic hydroxyl groups is 1. The molecule has 84 valence electrons. The van der Waals surface area contributed by atoms with E-state index in [1.807, 2.05) is 0 Å². The second-order valence-electron chi connectivity index (χ2n) is 3.12. The molecule has 1 unspecified atom stereocenters. The van der Waals surface area contributed by atoms with Crippen LogP contribution < -0.4 is 5.56 Å². The molecule has 0 aliphatic carbocycles. The molecule has 0 amide bonds. The molecule has 2 N–H and O–H groups in total. The van der Waals surface area contributed by atoms with Crippen LogP contribution in [0, 0.1) is 11.3 Å². The van der Waals surface area contributed by atoms with E-state index in [-0.39, 0.29) is 16.8 Å². The molecule has 0 saturated carbocycles. The highest BCUT2D eigenvalue weighted by atomic mass is 16.5. The van der Waals surface area contributed by atoms with Crippen LogP contribution in [0.2, 0.25) is 0 Å². The zero-order valence-corrected chi connectivity index (χ0v) is 8.77. The molecule has 0 saturated heterocycles. The van der Waals surface area contributed by atoms with Crippen LogP contribution in [0.4, 0.5) is 0 Å². The van der Waals surface area contributed by atoms with E-state index in [9.17, 15) is 14.7 Å². The van der Waals surface area contributed by atoms with Gasteiger partial charge in [0.15, 0.2) is 0 Å². The predicted octanol–water partition coefficient (Wildman–Crippen LogP) is 0.0865. The summed E-state index contributed by atoms with van der Waals surface area (Å²) in [7, 11) is 1.17. The Balaban J connectivity index is 3.50. The van der Waals surface area contributed by atoms with Crippen molar-refractivity contribution in [1.29, 1.82) is 5.26 Å². The second kappa shape index (κ2) is 4.59. The van der Waals surface area contributed by atoms with Gasteiger partial charge in [-0.05, 0) is 13.0 Å². The number of aromatic nitrogens is 1. The average molecular weight is 222 g/mol. The van der Waals surface area contributed by atoms with Crippen LogP contribution in [0.5, 0.6) is 0 Å². The van der Waals surface area contributed by atoms with Gasteiger partial charge in [0.05, 0.1) is 24.5 Å². The van der Waals surface area contributed by atoms with E-state index < -0.39 is 17.6 Å². The van der Waals surface area contributed by atoms with Gasteiger partial charge >= 0.3 is 5.97 Å². The summed E-state index contributed by atoms with van der Waals surface area (Å²) in [6.45, 7) is 1.39. The number of nitrogens with one attached hydrogen (secondary N) is 1. The third-order valence-electron chi connectivity index (χ3n) is 2.02. The van der Waals surface area contributed by atoms with Crippen LogP contribution in [-0.4, -0.2) is 23.2 Å². The summed E-state index contributed by atoms with van der Waals surface area (Å²) >= 11 is 0. The highest BCUT2D eigenvalue weighted by Gasteiger charge is 2.18. The zero-order chi connectivity index (χ0) is 12.3. The third kappa shape index (κ3) is 2.10. The van der Waals surface area contributed by atoms with Crippen molar-refractivity contribution in [1.82, 2.24) is 4.98 Å². The molecule has 16 heavy (non-hydrogen) atoms. The molecule has 6 nitrogen and oxygen atoms in total. The fraction of sp³-hybridized carbons (Fsp3) is 0.300. The average Bonchev–Trinajstić information content (AvgIpc) is 2.27. The van der Waals surface area contributed by atoms with Gasteiger partial charge in [0, 0.05) is 0 Å². The quantitative estimate of drug-likeness (QED) is 0.690. The van der Waals surface area contributed by atoms with Crippen LogP contribution in [0.3, 0.4) is 0 Å². The first-order chi connectivity index (χ1) is 7.51. The Morgan fingerprint density at radius 3 is 2.75 bits per heavy atom. The highest BCUT2D eigenvalue weighted by Crippen LogP contribution is 2.15. The number of nitrogens with zero attached hydrogens (tertiary/aromatic N) is 1. The number of carbonyl (C=O) groups excluding carboxylic acids is 1. The Hall–Kier alpha value is -2.13. The maximum atomic E-state index is 11.4. The van der Waals surface area contributed by atoms with Crippen molar-refractivity contribution >= 4 is 5.97 Å². The summed E-state index contributed by atoms with van der Waals surface area (Å²) in [5.74, 6) is -0.719.